The van der Waals surface area contributed by atoms with Crippen molar-refractivity contribution in [1.29, 1.82) is 0 Å². The zero-order valence-corrected chi connectivity index (χ0v) is 13.1. The highest BCUT2D eigenvalue weighted by molar-refractivity contribution is 5.80. The lowest BCUT2D eigenvalue weighted by atomic mass is 9.99. The van der Waals surface area contributed by atoms with Crippen LogP contribution in [0.25, 0.3) is 0 Å². The van der Waals surface area contributed by atoms with Crippen LogP contribution in [0.5, 0.6) is 5.75 Å². The molecule has 0 aromatic heterocycles. The van der Waals surface area contributed by atoms with Gasteiger partial charge in [0.05, 0.1) is 7.11 Å². The number of benzene rings is 1. The van der Waals surface area contributed by atoms with Crippen LogP contribution >= 0.6 is 0 Å². The van der Waals surface area contributed by atoms with Crippen LogP contribution in [0, 0.1) is 0 Å². The van der Waals surface area contributed by atoms with Gasteiger partial charge < -0.3 is 15.2 Å². The lowest BCUT2D eigenvalue weighted by Gasteiger charge is -2.21. The quantitative estimate of drug-likeness (QED) is 0.847. The summed E-state index contributed by atoms with van der Waals surface area (Å²) in [6.07, 6.45) is 2.99. The third-order valence-electron chi connectivity index (χ3n) is 4.46. The maximum Gasteiger partial charge on any atom is 0.325 e. The SMILES string of the molecule is CCC(C)c1ccc(OC2CCC(N)(C(=O)OC)C2)cc1. The number of carbonyl (C=O) groups excluding carboxylic acids is 1. The van der Waals surface area contributed by atoms with E-state index in [0.717, 1.165) is 18.6 Å². The average molecular weight is 291 g/mol. The molecule has 0 saturated heterocycles. The van der Waals surface area contributed by atoms with E-state index >= 15 is 0 Å². The van der Waals surface area contributed by atoms with Crippen molar-refractivity contribution in [2.75, 3.05) is 7.11 Å². The van der Waals surface area contributed by atoms with Crippen LogP contribution in [0.15, 0.2) is 24.3 Å². The van der Waals surface area contributed by atoms with Crippen molar-refractivity contribution in [3.63, 3.8) is 0 Å². The van der Waals surface area contributed by atoms with Gasteiger partial charge in [-0.05, 0) is 42.9 Å². The van der Waals surface area contributed by atoms with Crippen molar-refractivity contribution >= 4 is 5.97 Å². The standard InChI is InChI=1S/C17H25NO3/c1-4-12(2)13-5-7-14(8-6-13)21-15-9-10-17(18,11-15)16(19)20-3/h5-8,12,15H,4,9-11,18H2,1-3H3. The summed E-state index contributed by atoms with van der Waals surface area (Å²) in [6, 6.07) is 8.20. The molecule has 1 saturated carbocycles. The van der Waals surface area contributed by atoms with E-state index in [4.69, 9.17) is 15.2 Å². The van der Waals surface area contributed by atoms with Gasteiger partial charge in [0, 0.05) is 6.42 Å². The second-order valence-corrected chi connectivity index (χ2v) is 6.01. The van der Waals surface area contributed by atoms with E-state index in [0.29, 0.717) is 18.8 Å². The van der Waals surface area contributed by atoms with Crippen LogP contribution in [0.3, 0.4) is 0 Å². The number of carbonyl (C=O) groups is 1. The van der Waals surface area contributed by atoms with Crippen LogP contribution in [0.1, 0.15) is 51.0 Å². The molecule has 4 nitrogen and oxygen atoms in total. The van der Waals surface area contributed by atoms with Crippen LogP contribution in [-0.4, -0.2) is 24.7 Å². The molecule has 0 spiro atoms. The summed E-state index contributed by atoms with van der Waals surface area (Å²) >= 11 is 0. The molecular weight excluding hydrogens is 266 g/mol. The van der Waals surface area contributed by atoms with Crippen molar-refractivity contribution in [1.82, 2.24) is 0 Å². The summed E-state index contributed by atoms with van der Waals surface area (Å²) in [4.78, 5) is 11.7. The zero-order valence-electron chi connectivity index (χ0n) is 13.1. The van der Waals surface area contributed by atoms with Gasteiger partial charge in [-0.25, -0.2) is 0 Å². The Morgan fingerprint density at radius 2 is 2.10 bits per heavy atom. The second kappa shape index (κ2) is 6.48. The number of rotatable bonds is 5. The first-order valence-electron chi connectivity index (χ1n) is 7.62. The van der Waals surface area contributed by atoms with Crippen molar-refractivity contribution in [2.24, 2.45) is 5.73 Å². The predicted molar refractivity (Wildman–Crippen MR) is 82.3 cm³/mol. The van der Waals surface area contributed by atoms with E-state index in [1.54, 1.807) is 0 Å². The van der Waals surface area contributed by atoms with E-state index in [9.17, 15) is 4.79 Å². The number of nitrogens with two attached hydrogens (primary N) is 1. The molecule has 0 aliphatic heterocycles. The van der Waals surface area contributed by atoms with Crippen LogP contribution in [-0.2, 0) is 9.53 Å². The maximum atomic E-state index is 11.7. The Morgan fingerprint density at radius 3 is 2.67 bits per heavy atom. The van der Waals surface area contributed by atoms with Gasteiger partial charge in [0.1, 0.15) is 17.4 Å². The van der Waals surface area contributed by atoms with E-state index in [1.807, 2.05) is 12.1 Å². The molecule has 0 radical (unpaired) electrons. The molecule has 3 atom stereocenters. The lowest BCUT2D eigenvalue weighted by Crippen LogP contribution is -2.47. The highest BCUT2D eigenvalue weighted by Gasteiger charge is 2.44. The minimum atomic E-state index is -0.893. The zero-order chi connectivity index (χ0) is 15.5. The molecule has 4 heteroatoms. The molecule has 21 heavy (non-hydrogen) atoms. The van der Waals surface area contributed by atoms with Crippen LogP contribution in [0.2, 0.25) is 0 Å². The Hall–Kier alpha value is -1.55. The summed E-state index contributed by atoms with van der Waals surface area (Å²) in [6.45, 7) is 4.40. The molecule has 0 heterocycles. The van der Waals surface area contributed by atoms with Gasteiger partial charge in [-0.15, -0.1) is 0 Å². The van der Waals surface area contributed by atoms with Gasteiger partial charge in [0.15, 0.2) is 0 Å². The first-order valence-corrected chi connectivity index (χ1v) is 7.62. The Bertz CT molecular complexity index is 485. The topological polar surface area (TPSA) is 61.5 Å². The summed E-state index contributed by atoms with van der Waals surface area (Å²) in [7, 11) is 1.37. The molecule has 2 N–H and O–H groups in total. The van der Waals surface area contributed by atoms with Crippen molar-refractivity contribution in [3.8, 4) is 5.75 Å². The second-order valence-electron chi connectivity index (χ2n) is 6.01. The fourth-order valence-electron chi connectivity index (χ4n) is 2.82. The molecular formula is C17H25NO3. The molecule has 1 aromatic rings. The largest absolute Gasteiger partial charge is 0.490 e. The summed E-state index contributed by atoms with van der Waals surface area (Å²) in [5, 5.41) is 0. The molecule has 1 aromatic carbocycles. The van der Waals surface area contributed by atoms with E-state index in [-0.39, 0.29) is 12.1 Å². The van der Waals surface area contributed by atoms with Gasteiger partial charge in [0.25, 0.3) is 0 Å². The number of methoxy groups -OCH3 is 1. The average Bonchev–Trinajstić information content (AvgIpc) is 2.88. The number of hydrogen-bond donors (Lipinski definition) is 1. The third kappa shape index (κ3) is 3.56. The van der Waals surface area contributed by atoms with Gasteiger partial charge in [0.2, 0.25) is 0 Å². The van der Waals surface area contributed by atoms with Gasteiger partial charge in [-0.3, -0.25) is 4.79 Å². The maximum absolute atomic E-state index is 11.7. The molecule has 1 aliphatic carbocycles. The third-order valence-corrected chi connectivity index (χ3v) is 4.46. The first kappa shape index (κ1) is 15.8. The van der Waals surface area contributed by atoms with Gasteiger partial charge in [-0.1, -0.05) is 26.0 Å². The minimum Gasteiger partial charge on any atom is -0.490 e. The van der Waals surface area contributed by atoms with Crippen LogP contribution < -0.4 is 10.5 Å². The predicted octanol–water partition coefficient (Wildman–Crippen LogP) is 3.00. The number of ether oxygens (including phenoxy) is 2. The fourth-order valence-corrected chi connectivity index (χ4v) is 2.82. The highest BCUT2D eigenvalue weighted by Crippen LogP contribution is 2.32. The molecule has 3 unspecified atom stereocenters. The van der Waals surface area contributed by atoms with E-state index in [1.165, 1.54) is 12.7 Å². The monoisotopic (exact) mass is 291 g/mol. The molecule has 2 rings (SSSR count). The molecule has 0 bridgehead atoms. The normalized spacial score (nSPS) is 26.4. The highest BCUT2D eigenvalue weighted by atomic mass is 16.5. The minimum absolute atomic E-state index is 0.0245. The lowest BCUT2D eigenvalue weighted by molar-refractivity contribution is -0.147. The fraction of sp³-hybridized carbons (Fsp3) is 0.588. The molecule has 116 valence electrons. The van der Waals surface area contributed by atoms with Gasteiger partial charge in [-0.2, -0.15) is 0 Å². The van der Waals surface area contributed by atoms with Crippen molar-refractivity contribution < 1.29 is 14.3 Å². The molecule has 0 amide bonds. The Labute approximate surface area is 126 Å². The number of hydrogen-bond acceptors (Lipinski definition) is 4. The van der Waals surface area contributed by atoms with Gasteiger partial charge >= 0.3 is 5.97 Å². The molecule has 1 aliphatic rings. The Kier molecular flexibility index (Phi) is 4.88. The van der Waals surface area contributed by atoms with E-state index in [2.05, 4.69) is 26.0 Å². The first-order chi connectivity index (χ1) is 9.98. The Balaban J connectivity index is 1.96. The molecule has 1 fully saturated rings. The van der Waals surface area contributed by atoms with Crippen molar-refractivity contribution in [2.45, 2.75) is 57.1 Å². The summed E-state index contributed by atoms with van der Waals surface area (Å²) < 4.78 is 10.7. The Morgan fingerprint density at radius 1 is 1.43 bits per heavy atom. The summed E-state index contributed by atoms with van der Waals surface area (Å²) in [5.74, 6) is 1.04. The van der Waals surface area contributed by atoms with E-state index < -0.39 is 5.54 Å². The van der Waals surface area contributed by atoms with Crippen LogP contribution in [0.4, 0.5) is 0 Å². The van der Waals surface area contributed by atoms with Crippen molar-refractivity contribution in [3.05, 3.63) is 29.8 Å². The number of esters is 1. The smallest absolute Gasteiger partial charge is 0.325 e. The summed E-state index contributed by atoms with van der Waals surface area (Å²) in [5.41, 5.74) is 6.51.